The number of pyridine rings is 2. The second kappa shape index (κ2) is 5.51. The first-order chi connectivity index (χ1) is 10.5. The Morgan fingerprint density at radius 3 is 2.55 bits per heavy atom. The predicted octanol–water partition coefficient (Wildman–Crippen LogP) is 2.39. The van der Waals surface area contributed by atoms with Crippen molar-refractivity contribution in [1.29, 1.82) is 0 Å². The first kappa shape index (κ1) is 14.7. The molecule has 0 N–H and O–H groups in total. The van der Waals surface area contributed by atoms with Gasteiger partial charge in [0.05, 0.1) is 10.6 Å². The molecule has 0 atom stereocenters. The minimum atomic E-state index is -3.28. The molecule has 3 rings (SSSR count). The van der Waals surface area contributed by atoms with Crippen molar-refractivity contribution in [2.45, 2.75) is 4.90 Å². The number of halogens is 1. The lowest BCUT2D eigenvalue weighted by molar-refractivity contribution is 0.601. The Labute approximate surface area is 132 Å². The van der Waals surface area contributed by atoms with Gasteiger partial charge in [0.1, 0.15) is 12.1 Å². The van der Waals surface area contributed by atoms with E-state index < -0.39 is 9.84 Å². The smallest absolute Gasteiger partial charge is 0.177 e. The van der Waals surface area contributed by atoms with E-state index >= 15 is 0 Å². The number of nitrogens with zero attached hydrogens (tertiary/aromatic N) is 4. The third kappa shape index (κ3) is 2.72. The van der Waals surface area contributed by atoms with Crippen molar-refractivity contribution in [2.24, 2.45) is 0 Å². The maximum atomic E-state index is 11.5. The Morgan fingerprint density at radius 2 is 1.95 bits per heavy atom. The van der Waals surface area contributed by atoms with Gasteiger partial charge in [0.2, 0.25) is 0 Å². The summed E-state index contributed by atoms with van der Waals surface area (Å²) in [5.74, 6) is 0.519. The topological polar surface area (TPSA) is 77.7 Å². The van der Waals surface area contributed by atoms with Crippen molar-refractivity contribution in [3.63, 3.8) is 0 Å². The monoisotopic (exact) mass is 334 g/mol. The van der Waals surface area contributed by atoms with Crippen LogP contribution in [0.1, 0.15) is 0 Å². The van der Waals surface area contributed by atoms with Gasteiger partial charge in [-0.05, 0) is 24.3 Å². The largest absolute Gasteiger partial charge is 0.281 e. The van der Waals surface area contributed by atoms with Crippen LogP contribution < -0.4 is 0 Å². The molecule has 0 bridgehead atoms. The predicted molar refractivity (Wildman–Crippen MR) is 82.7 cm³/mol. The minimum Gasteiger partial charge on any atom is -0.281 e. The van der Waals surface area contributed by atoms with Gasteiger partial charge < -0.3 is 0 Å². The third-order valence-electron chi connectivity index (χ3n) is 3.05. The molecule has 3 aromatic heterocycles. The molecule has 0 unspecified atom stereocenters. The van der Waals surface area contributed by atoms with Crippen LogP contribution in [-0.2, 0) is 9.84 Å². The number of aromatic nitrogens is 4. The number of imidazole rings is 1. The molecule has 0 spiro atoms. The Morgan fingerprint density at radius 1 is 1.14 bits per heavy atom. The fraction of sp³-hybridized carbons (Fsp3) is 0.0714. The van der Waals surface area contributed by atoms with E-state index in [1.165, 1.54) is 18.6 Å². The van der Waals surface area contributed by atoms with Gasteiger partial charge in [0, 0.05) is 30.4 Å². The van der Waals surface area contributed by atoms with E-state index in [4.69, 9.17) is 11.6 Å². The van der Waals surface area contributed by atoms with Crippen LogP contribution in [0.4, 0.5) is 0 Å². The van der Waals surface area contributed by atoms with E-state index in [-0.39, 0.29) is 4.90 Å². The summed E-state index contributed by atoms with van der Waals surface area (Å²) in [6, 6.07) is 6.76. The zero-order valence-corrected chi connectivity index (χ0v) is 13.1. The molecular weight excluding hydrogens is 324 g/mol. The maximum Gasteiger partial charge on any atom is 0.177 e. The van der Waals surface area contributed by atoms with Crippen molar-refractivity contribution in [3.8, 4) is 17.1 Å². The molecule has 0 aliphatic heterocycles. The van der Waals surface area contributed by atoms with Crippen LogP contribution in [0.25, 0.3) is 17.1 Å². The van der Waals surface area contributed by atoms with Crippen LogP contribution in [0.5, 0.6) is 0 Å². The Hall–Kier alpha value is -2.25. The Bertz CT molecular complexity index is 906. The molecule has 3 aromatic rings. The van der Waals surface area contributed by atoms with Crippen molar-refractivity contribution < 1.29 is 8.42 Å². The molecule has 0 fully saturated rings. The number of rotatable bonds is 3. The minimum absolute atomic E-state index is 0.158. The van der Waals surface area contributed by atoms with Gasteiger partial charge in [-0.1, -0.05) is 11.6 Å². The quantitative estimate of drug-likeness (QED) is 0.735. The molecule has 8 heteroatoms. The zero-order chi connectivity index (χ0) is 15.7. The fourth-order valence-electron chi connectivity index (χ4n) is 2.00. The Balaban J connectivity index is 2.11. The van der Waals surface area contributed by atoms with E-state index in [2.05, 4.69) is 15.0 Å². The van der Waals surface area contributed by atoms with Gasteiger partial charge in [-0.25, -0.2) is 18.4 Å². The summed E-state index contributed by atoms with van der Waals surface area (Å²) in [4.78, 5) is 12.5. The molecule has 22 heavy (non-hydrogen) atoms. The molecule has 0 saturated carbocycles. The molecule has 0 radical (unpaired) electrons. The highest BCUT2D eigenvalue weighted by Crippen LogP contribution is 2.28. The number of hydrogen-bond acceptors (Lipinski definition) is 5. The normalized spacial score (nSPS) is 11.5. The lowest BCUT2D eigenvalue weighted by Crippen LogP contribution is -2.02. The number of sulfone groups is 1. The highest BCUT2D eigenvalue weighted by Gasteiger charge is 2.15. The molecular formula is C14H11ClN4O2S. The van der Waals surface area contributed by atoms with Crippen molar-refractivity contribution in [3.05, 3.63) is 54.3 Å². The van der Waals surface area contributed by atoms with E-state index in [1.54, 1.807) is 29.1 Å². The summed E-state index contributed by atoms with van der Waals surface area (Å²) < 4.78 is 24.7. The summed E-state index contributed by atoms with van der Waals surface area (Å²) in [7, 11) is -3.28. The van der Waals surface area contributed by atoms with Crippen LogP contribution in [0.3, 0.4) is 0 Å². The van der Waals surface area contributed by atoms with Crippen LogP contribution in [-0.4, -0.2) is 34.2 Å². The third-order valence-corrected chi connectivity index (χ3v) is 4.43. The van der Waals surface area contributed by atoms with Gasteiger partial charge in [-0.2, -0.15) is 0 Å². The van der Waals surface area contributed by atoms with E-state index in [9.17, 15) is 8.42 Å². The summed E-state index contributed by atoms with van der Waals surface area (Å²) in [5.41, 5.74) is 1.44. The molecule has 0 aliphatic rings. The lowest BCUT2D eigenvalue weighted by Gasteiger charge is -2.08. The van der Waals surface area contributed by atoms with E-state index in [1.807, 2.05) is 6.07 Å². The van der Waals surface area contributed by atoms with Crippen molar-refractivity contribution >= 4 is 21.4 Å². The van der Waals surface area contributed by atoms with Gasteiger partial charge in [0.25, 0.3) is 0 Å². The van der Waals surface area contributed by atoms with Gasteiger partial charge >= 0.3 is 0 Å². The number of hydrogen-bond donors (Lipinski definition) is 0. The van der Waals surface area contributed by atoms with Crippen molar-refractivity contribution in [2.75, 3.05) is 6.26 Å². The molecule has 3 heterocycles. The Kier molecular flexibility index (Phi) is 3.67. The average Bonchev–Trinajstić information content (AvgIpc) is 2.89. The molecule has 0 aliphatic carbocycles. The molecule has 0 aromatic carbocycles. The second-order valence-electron chi connectivity index (χ2n) is 4.62. The summed E-state index contributed by atoms with van der Waals surface area (Å²) in [6.07, 6.45) is 7.32. The maximum absolute atomic E-state index is 11.5. The molecule has 0 amide bonds. The highest BCUT2D eigenvalue weighted by molar-refractivity contribution is 7.90. The highest BCUT2D eigenvalue weighted by atomic mass is 35.5. The molecule has 0 saturated heterocycles. The molecule has 112 valence electrons. The average molecular weight is 335 g/mol. The lowest BCUT2D eigenvalue weighted by atomic mass is 10.2. The second-order valence-corrected chi connectivity index (χ2v) is 6.99. The zero-order valence-electron chi connectivity index (χ0n) is 11.5. The summed E-state index contributed by atoms with van der Waals surface area (Å²) >= 11 is 6.15. The van der Waals surface area contributed by atoms with Crippen LogP contribution in [0.2, 0.25) is 5.15 Å². The van der Waals surface area contributed by atoms with Gasteiger partial charge in [0.15, 0.2) is 15.0 Å². The fourth-order valence-corrected chi connectivity index (χ4v) is 2.80. The van der Waals surface area contributed by atoms with E-state index in [0.717, 1.165) is 11.8 Å². The summed E-state index contributed by atoms with van der Waals surface area (Å²) in [6.45, 7) is 0. The summed E-state index contributed by atoms with van der Waals surface area (Å²) in [5, 5.41) is 0.321. The van der Waals surface area contributed by atoms with Crippen LogP contribution >= 0.6 is 11.6 Å². The van der Waals surface area contributed by atoms with Gasteiger partial charge in [-0.3, -0.25) is 9.55 Å². The first-order valence-corrected chi connectivity index (χ1v) is 8.53. The van der Waals surface area contributed by atoms with Gasteiger partial charge in [-0.15, -0.1) is 0 Å². The van der Waals surface area contributed by atoms with E-state index in [0.29, 0.717) is 16.7 Å². The molecule has 6 nitrogen and oxygen atoms in total. The SMILES string of the molecule is CS(=O)(=O)c1ccc(-n2cnc(Cl)c2-c2cccnc2)nc1. The van der Waals surface area contributed by atoms with Crippen molar-refractivity contribution in [1.82, 2.24) is 19.5 Å². The standard InChI is InChI=1S/C14H11ClN4O2S/c1-22(20,21)11-4-5-12(17-8-11)19-9-18-14(15)13(19)10-3-2-6-16-7-10/h2-9H,1H3. The first-order valence-electron chi connectivity index (χ1n) is 6.26. The van der Waals surface area contributed by atoms with Crippen LogP contribution in [0, 0.1) is 0 Å². The van der Waals surface area contributed by atoms with Crippen LogP contribution in [0.15, 0.2) is 54.1 Å².